The van der Waals surface area contributed by atoms with E-state index in [0.29, 0.717) is 35.2 Å². The van der Waals surface area contributed by atoms with Gasteiger partial charge in [0, 0.05) is 49.6 Å². The van der Waals surface area contributed by atoms with E-state index < -0.39 is 9.84 Å². The molecule has 182 valence electrons. The fourth-order valence-corrected chi connectivity index (χ4v) is 4.03. The Morgan fingerprint density at radius 2 is 1.80 bits per heavy atom. The molecule has 0 saturated heterocycles. The first-order valence-electron chi connectivity index (χ1n) is 10.7. The average molecular weight is 496 g/mol. The van der Waals surface area contributed by atoms with Gasteiger partial charge in [-0.15, -0.1) is 0 Å². The molecule has 1 atom stereocenters. The molecule has 0 spiro atoms. The third-order valence-corrected chi connectivity index (χ3v) is 6.09. The fraction of sp³-hybridized carbons (Fsp3) is 0.200. The number of methoxy groups -OCH3 is 1. The Morgan fingerprint density at radius 3 is 2.49 bits per heavy atom. The Morgan fingerprint density at radius 1 is 1.06 bits per heavy atom. The number of sulfone groups is 1. The van der Waals surface area contributed by atoms with Crippen LogP contribution in [0.3, 0.4) is 0 Å². The van der Waals surface area contributed by atoms with Crippen molar-refractivity contribution >= 4 is 27.1 Å². The van der Waals surface area contributed by atoms with Crippen molar-refractivity contribution in [2.75, 3.05) is 25.3 Å². The summed E-state index contributed by atoms with van der Waals surface area (Å²) in [4.78, 5) is 17.4. The van der Waals surface area contributed by atoms with Gasteiger partial charge in [0.1, 0.15) is 34.7 Å². The molecular formula is C25H25N3O6S. The predicted molar refractivity (Wildman–Crippen MR) is 131 cm³/mol. The normalized spacial score (nSPS) is 12.3. The lowest BCUT2D eigenvalue weighted by atomic mass is 10.2. The lowest BCUT2D eigenvalue weighted by Gasteiger charge is -2.16. The Hall–Kier alpha value is -3.89. The smallest absolute Gasteiger partial charge is 0.275 e. The van der Waals surface area contributed by atoms with E-state index >= 15 is 0 Å². The van der Waals surface area contributed by atoms with Gasteiger partial charge >= 0.3 is 0 Å². The maximum absolute atomic E-state index is 12.9. The van der Waals surface area contributed by atoms with Crippen molar-refractivity contribution < 1.29 is 27.4 Å². The average Bonchev–Trinajstić information content (AvgIpc) is 3.23. The number of carbonyl (C=O) groups is 1. The first kappa shape index (κ1) is 24.2. The number of ether oxygens (including phenoxy) is 3. The van der Waals surface area contributed by atoms with Gasteiger partial charge in [0.2, 0.25) is 0 Å². The molecule has 35 heavy (non-hydrogen) atoms. The number of hydrogen-bond donors (Lipinski definition) is 1. The van der Waals surface area contributed by atoms with Crippen molar-refractivity contribution in [2.24, 2.45) is 0 Å². The number of imidazole rings is 1. The number of aromatic nitrogens is 2. The van der Waals surface area contributed by atoms with Gasteiger partial charge < -0.3 is 23.9 Å². The number of rotatable bonds is 9. The molecule has 10 heteroatoms. The molecule has 0 aliphatic heterocycles. The highest BCUT2D eigenvalue weighted by Gasteiger charge is 2.14. The third-order valence-electron chi connectivity index (χ3n) is 4.96. The summed E-state index contributed by atoms with van der Waals surface area (Å²) >= 11 is 0. The Balaban J connectivity index is 1.60. The molecule has 0 unspecified atom stereocenters. The van der Waals surface area contributed by atoms with E-state index in [1.807, 2.05) is 31.3 Å². The third kappa shape index (κ3) is 6.17. The number of nitrogens with one attached hydrogen (secondary N) is 1. The molecule has 0 bridgehead atoms. The molecule has 2 aromatic carbocycles. The number of anilines is 1. The molecule has 0 radical (unpaired) electrons. The second-order valence-corrected chi connectivity index (χ2v) is 9.98. The fourth-order valence-electron chi connectivity index (χ4n) is 3.40. The zero-order valence-electron chi connectivity index (χ0n) is 19.5. The van der Waals surface area contributed by atoms with E-state index in [1.54, 1.807) is 48.0 Å². The quantitative estimate of drug-likeness (QED) is 0.371. The van der Waals surface area contributed by atoms with Crippen molar-refractivity contribution in [2.45, 2.75) is 17.9 Å². The summed E-state index contributed by atoms with van der Waals surface area (Å²) in [5.41, 5.74) is 1.36. The van der Waals surface area contributed by atoms with E-state index in [9.17, 15) is 13.2 Å². The highest BCUT2D eigenvalue weighted by atomic mass is 32.2. The lowest BCUT2D eigenvalue weighted by molar-refractivity contribution is 0.0920. The summed E-state index contributed by atoms with van der Waals surface area (Å²) in [7, 11) is -1.73. The minimum Gasteiger partial charge on any atom is -0.488 e. The number of nitrogens with zero attached hydrogens (tertiary/aromatic N) is 2. The van der Waals surface area contributed by atoms with E-state index in [4.69, 9.17) is 14.2 Å². The maximum Gasteiger partial charge on any atom is 0.275 e. The Kier molecular flexibility index (Phi) is 7.04. The van der Waals surface area contributed by atoms with Crippen molar-refractivity contribution in [3.63, 3.8) is 0 Å². The van der Waals surface area contributed by atoms with Crippen molar-refractivity contribution in [3.8, 4) is 17.2 Å². The maximum atomic E-state index is 12.9. The van der Waals surface area contributed by atoms with Crippen LogP contribution in [-0.2, 0) is 14.6 Å². The summed E-state index contributed by atoms with van der Waals surface area (Å²) < 4.78 is 42.2. The summed E-state index contributed by atoms with van der Waals surface area (Å²) in [6.07, 6.45) is 4.35. The topological polar surface area (TPSA) is 108 Å². The van der Waals surface area contributed by atoms with Crippen LogP contribution in [0.5, 0.6) is 17.2 Å². The van der Waals surface area contributed by atoms with Gasteiger partial charge in [-0.1, -0.05) is 6.07 Å². The molecular weight excluding hydrogens is 470 g/mol. The van der Waals surface area contributed by atoms with Crippen LogP contribution >= 0.6 is 0 Å². The van der Waals surface area contributed by atoms with Crippen LogP contribution in [-0.4, -0.2) is 49.8 Å². The number of benzene rings is 2. The Bertz CT molecular complexity index is 1410. The van der Waals surface area contributed by atoms with Crippen molar-refractivity contribution in [1.29, 1.82) is 0 Å². The highest BCUT2D eigenvalue weighted by molar-refractivity contribution is 7.90. The highest BCUT2D eigenvalue weighted by Crippen LogP contribution is 2.31. The van der Waals surface area contributed by atoms with Crippen LogP contribution in [0.1, 0.15) is 17.4 Å². The minimum atomic E-state index is -3.32. The number of hydrogen-bond acceptors (Lipinski definition) is 7. The standard InChI is InChI=1S/C25H25N3O6S/c1-17(16-32-2)33-20-12-18(26-25(29)23-15-28-11-5-4-6-24(28)27-23)13-21(14-20)34-19-7-9-22(10-8-19)35(3,30)31/h4-15,17H,16H2,1-3H3,(H,26,29)/t17-/m0/s1. The molecule has 0 fully saturated rings. The molecule has 1 N–H and O–H groups in total. The number of carbonyl (C=O) groups excluding carboxylic acids is 1. The molecule has 0 aliphatic rings. The minimum absolute atomic E-state index is 0.190. The second-order valence-electron chi connectivity index (χ2n) is 7.97. The van der Waals surface area contributed by atoms with Gasteiger partial charge in [0.15, 0.2) is 9.84 Å². The zero-order valence-corrected chi connectivity index (χ0v) is 20.3. The predicted octanol–water partition coefficient (Wildman–Crippen LogP) is 4.20. The number of fused-ring (bicyclic) bond motifs is 1. The number of pyridine rings is 1. The molecule has 1 amide bonds. The summed E-state index contributed by atoms with van der Waals surface area (Å²) in [5.74, 6) is 0.894. The molecule has 0 saturated carbocycles. The van der Waals surface area contributed by atoms with Crippen LogP contribution in [0.2, 0.25) is 0 Å². The molecule has 2 aromatic heterocycles. The van der Waals surface area contributed by atoms with Crippen LogP contribution in [0, 0.1) is 0 Å². The van der Waals surface area contributed by atoms with Gasteiger partial charge in [0.05, 0.1) is 11.5 Å². The van der Waals surface area contributed by atoms with E-state index in [0.717, 1.165) is 6.26 Å². The molecule has 4 rings (SSSR count). The summed E-state index contributed by atoms with van der Waals surface area (Å²) in [6.45, 7) is 2.23. The van der Waals surface area contributed by atoms with Crippen molar-refractivity contribution in [3.05, 3.63) is 78.8 Å². The number of amides is 1. The van der Waals surface area contributed by atoms with E-state index in [1.165, 1.54) is 12.1 Å². The van der Waals surface area contributed by atoms with Crippen LogP contribution in [0.4, 0.5) is 5.69 Å². The van der Waals surface area contributed by atoms with Gasteiger partial charge in [-0.2, -0.15) is 0 Å². The van der Waals surface area contributed by atoms with Gasteiger partial charge in [0.25, 0.3) is 5.91 Å². The van der Waals surface area contributed by atoms with Gasteiger partial charge in [-0.3, -0.25) is 4.79 Å². The first-order chi connectivity index (χ1) is 16.7. The first-order valence-corrected chi connectivity index (χ1v) is 12.6. The summed E-state index contributed by atoms with van der Waals surface area (Å²) in [6, 6.07) is 16.6. The van der Waals surface area contributed by atoms with Crippen molar-refractivity contribution in [1.82, 2.24) is 9.38 Å². The van der Waals surface area contributed by atoms with Crippen LogP contribution in [0.25, 0.3) is 5.65 Å². The second kappa shape index (κ2) is 10.2. The Labute approximate surface area is 203 Å². The largest absolute Gasteiger partial charge is 0.488 e. The summed E-state index contributed by atoms with van der Waals surface area (Å²) in [5, 5.41) is 2.83. The van der Waals surface area contributed by atoms with Crippen LogP contribution < -0.4 is 14.8 Å². The zero-order chi connectivity index (χ0) is 25.0. The monoisotopic (exact) mass is 495 g/mol. The van der Waals surface area contributed by atoms with E-state index in [-0.39, 0.29) is 22.6 Å². The van der Waals surface area contributed by atoms with E-state index in [2.05, 4.69) is 10.3 Å². The molecule has 4 aromatic rings. The molecule has 2 heterocycles. The van der Waals surface area contributed by atoms with Gasteiger partial charge in [-0.25, -0.2) is 13.4 Å². The SMILES string of the molecule is COC[C@H](C)Oc1cc(NC(=O)c2cn3ccccc3n2)cc(Oc2ccc(S(C)(=O)=O)cc2)c1. The van der Waals surface area contributed by atoms with Gasteiger partial charge in [-0.05, 0) is 43.3 Å². The lowest BCUT2D eigenvalue weighted by Crippen LogP contribution is -2.18. The molecule has 0 aliphatic carbocycles. The van der Waals surface area contributed by atoms with Crippen LogP contribution in [0.15, 0.2) is 78.0 Å². The molecule has 9 nitrogen and oxygen atoms in total.